The third-order valence-corrected chi connectivity index (χ3v) is 6.60. The molecule has 9 heteroatoms. The molecule has 2 N–H and O–H groups in total. The SMILES string of the molecule is Cc1cn([C@H]2CCN(C(=O)c3ccc(OCCN4CCCC4)cc3)CC[C@@H]2O)c(=O)[nH]c1=O. The van der Waals surface area contributed by atoms with E-state index in [-0.39, 0.29) is 5.91 Å². The van der Waals surface area contributed by atoms with Gasteiger partial charge in [0.2, 0.25) is 0 Å². The minimum absolute atomic E-state index is 0.114. The van der Waals surface area contributed by atoms with Crippen molar-refractivity contribution in [1.82, 2.24) is 19.4 Å². The summed E-state index contributed by atoms with van der Waals surface area (Å²) in [6.45, 7) is 6.23. The van der Waals surface area contributed by atoms with Crippen molar-refractivity contribution in [2.75, 3.05) is 39.3 Å². The third kappa shape index (κ3) is 5.54. The van der Waals surface area contributed by atoms with Crippen LogP contribution < -0.4 is 16.0 Å². The van der Waals surface area contributed by atoms with Gasteiger partial charge in [-0.15, -0.1) is 0 Å². The van der Waals surface area contributed by atoms with Gasteiger partial charge in [0.1, 0.15) is 12.4 Å². The van der Waals surface area contributed by atoms with Gasteiger partial charge in [-0.05, 0) is 70.0 Å². The molecule has 33 heavy (non-hydrogen) atoms. The average molecular weight is 457 g/mol. The number of aromatic amines is 1. The minimum atomic E-state index is -0.794. The van der Waals surface area contributed by atoms with Gasteiger partial charge in [0.15, 0.2) is 0 Å². The number of nitrogens with zero attached hydrogens (tertiary/aromatic N) is 3. The highest BCUT2D eigenvalue weighted by atomic mass is 16.5. The van der Waals surface area contributed by atoms with Crippen LogP contribution in [0.5, 0.6) is 5.75 Å². The fourth-order valence-corrected chi connectivity index (χ4v) is 4.61. The first-order valence-corrected chi connectivity index (χ1v) is 11.7. The van der Waals surface area contributed by atoms with E-state index in [0.29, 0.717) is 43.7 Å². The summed E-state index contributed by atoms with van der Waals surface area (Å²) in [5.74, 6) is 0.626. The molecule has 9 nitrogen and oxygen atoms in total. The summed E-state index contributed by atoms with van der Waals surface area (Å²) in [5, 5.41) is 10.6. The van der Waals surface area contributed by atoms with Crippen molar-refractivity contribution in [3.05, 3.63) is 62.4 Å². The topological polar surface area (TPSA) is 108 Å². The zero-order valence-corrected chi connectivity index (χ0v) is 19.0. The molecule has 2 aliphatic rings. The molecule has 1 aromatic heterocycles. The molecule has 2 aromatic rings. The molecule has 3 heterocycles. The first kappa shape index (κ1) is 23.3. The number of aromatic nitrogens is 2. The van der Waals surface area contributed by atoms with Crippen LogP contribution in [-0.4, -0.2) is 75.8 Å². The Balaban J connectivity index is 1.36. The molecule has 4 rings (SSSR count). The van der Waals surface area contributed by atoms with Crippen molar-refractivity contribution in [1.29, 1.82) is 0 Å². The summed E-state index contributed by atoms with van der Waals surface area (Å²) in [6, 6.07) is 6.66. The number of H-pyrrole nitrogens is 1. The van der Waals surface area contributed by atoms with E-state index in [9.17, 15) is 19.5 Å². The molecule has 2 saturated heterocycles. The summed E-state index contributed by atoms with van der Waals surface area (Å²) < 4.78 is 7.20. The van der Waals surface area contributed by atoms with Crippen molar-refractivity contribution < 1.29 is 14.6 Å². The van der Waals surface area contributed by atoms with Gasteiger partial charge < -0.3 is 14.7 Å². The van der Waals surface area contributed by atoms with Gasteiger partial charge in [-0.25, -0.2) is 4.79 Å². The lowest BCUT2D eigenvalue weighted by atomic mass is 10.1. The van der Waals surface area contributed by atoms with E-state index >= 15 is 0 Å². The Morgan fingerprint density at radius 2 is 1.79 bits per heavy atom. The van der Waals surface area contributed by atoms with Gasteiger partial charge in [-0.3, -0.25) is 24.0 Å². The predicted octanol–water partition coefficient (Wildman–Crippen LogP) is 1.16. The number of carbonyl (C=O) groups is 1. The highest BCUT2D eigenvalue weighted by Gasteiger charge is 2.29. The Morgan fingerprint density at radius 3 is 2.52 bits per heavy atom. The first-order valence-electron chi connectivity index (χ1n) is 11.7. The molecule has 2 atom stereocenters. The van der Waals surface area contributed by atoms with Crippen LogP contribution in [0.1, 0.15) is 47.6 Å². The molecule has 0 saturated carbocycles. The maximum atomic E-state index is 13.0. The maximum absolute atomic E-state index is 13.0. The molecule has 2 fully saturated rings. The quantitative estimate of drug-likeness (QED) is 0.675. The number of nitrogens with one attached hydrogen (secondary N) is 1. The van der Waals surface area contributed by atoms with Crippen LogP contribution in [0.15, 0.2) is 40.1 Å². The summed E-state index contributed by atoms with van der Waals surface area (Å²) in [4.78, 5) is 43.4. The number of aryl methyl sites for hydroxylation is 1. The Hall–Kier alpha value is -2.91. The molecule has 0 radical (unpaired) electrons. The molecule has 0 unspecified atom stereocenters. The number of benzene rings is 1. The number of hydrogen-bond donors (Lipinski definition) is 2. The molecule has 2 aliphatic heterocycles. The van der Waals surface area contributed by atoms with Gasteiger partial charge in [-0.1, -0.05) is 0 Å². The molecule has 1 amide bonds. The van der Waals surface area contributed by atoms with Crippen LogP contribution in [0.3, 0.4) is 0 Å². The lowest BCUT2D eigenvalue weighted by Gasteiger charge is -2.22. The molecular weight excluding hydrogens is 424 g/mol. The smallest absolute Gasteiger partial charge is 0.328 e. The zero-order chi connectivity index (χ0) is 23.4. The number of rotatable bonds is 6. The average Bonchev–Trinajstić information content (AvgIpc) is 3.25. The Bertz CT molecular complexity index is 1070. The van der Waals surface area contributed by atoms with Crippen molar-refractivity contribution in [3.63, 3.8) is 0 Å². The van der Waals surface area contributed by atoms with E-state index in [0.717, 1.165) is 25.4 Å². The number of carbonyl (C=O) groups excluding carboxylic acids is 1. The number of likely N-dealkylation sites (tertiary alicyclic amines) is 2. The van der Waals surface area contributed by atoms with E-state index in [1.54, 1.807) is 24.0 Å². The predicted molar refractivity (Wildman–Crippen MR) is 124 cm³/mol. The van der Waals surface area contributed by atoms with Gasteiger partial charge in [0, 0.05) is 37.0 Å². The number of aliphatic hydroxyl groups is 1. The van der Waals surface area contributed by atoms with Gasteiger partial charge in [0.05, 0.1) is 12.1 Å². The Kier molecular flexibility index (Phi) is 7.29. The maximum Gasteiger partial charge on any atom is 0.328 e. The number of amides is 1. The minimum Gasteiger partial charge on any atom is -0.492 e. The van der Waals surface area contributed by atoms with Crippen LogP contribution in [0, 0.1) is 6.92 Å². The second-order valence-electron chi connectivity index (χ2n) is 8.90. The van der Waals surface area contributed by atoms with E-state index in [1.807, 2.05) is 12.1 Å². The van der Waals surface area contributed by atoms with Crippen LogP contribution >= 0.6 is 0 Å². The van der Waals surface area contributed by atoms with Crippen LogP contribution in [-0.2, 0) is 0 Å². The lowest BCUT2D eigenvalue weighted by molar-refractivity contribution is 0.0751. The number of ether oxygens (including phenoxy) is 1. The lowest BCUT2D eigenvalue weighted by Crippen LogP contribution is -2.37. The Labute approximate surface area is 192 Å². The van der Waals surface area contributed by atoms with Crippen LogP contribution in [0.25, 0.3) is 0 Å². The van der Waals surface area contributed by atoms with Crippen molar-refractivity contribution in [3.8, 4) is 5.75 Å². The van der Waals surface area contributed by atoms with Gasteiger partial charge >= 0.3 is 5.69 Å². The molecule has 178 valence electrons. The highest BCUT2D eigenvalue weighted by molar-refractivity contribution is 5.94. The van der Waals surface area contributed by atoms with Gasteiger partial charge in [-0.2, -0.15) is 0 Å². The van der Waals surface area contributed by atoms with E-state index in [2.05, 4.69) is 9.88 Å². The standard InChI is InChI=1S/C24H32N4O5/c1-17-16-28(24(32)25-22(17)30)20-8-12-27(13-9-21(20)29)23(31)18-4-6-19(7-5-18)33-15-14-26-10-2-3-11-26/h4-7,16,20-21,29H,2-3,8-15H2,1H3,(H,25,30,32)/t20-,21-/m0/s1. The highest BCUT2D eigenvalue weighted by Crippen LogP contribution is 2.23. The Morgan fingerprint density at radius 1 is 1.09 bits per heavy atom. The molecule has 0 spiro atoms. The molecule has 0 aliphatic carbocycles. The fourth-order valence-electron chi connectivity index (χ4n) is 4.61. The second-order valence-corrected chi connectivity index (χ2v) is 8.90. The largest absolute Gasteiger partial charge is 0.492 e. The summed E-state index contributed by atoms with van der Waals surface area (Å²) >= 11 is 0. The molecular formula is C24H32N4O5. The van der Waals surface area contributed by atoms with Crippen molar-refractivity contribution >= 4 is 5.91 Å². The summed E-state index contributed by atoms with van der Waals surface area (Å²) in [6.07, 6.45) is 3.96. The van der Waals surface area contributed by atoms with Crippen molar-refractivity contribution in [2.24, 2.45) is 0 Å². The number of aliphatic hydroxyl groups excluding tert-OH is 1. The third-order valence-electron chi connectivity index (χ3n) is 6.60. The first-order chi connectivity index (χ1) is 15.9. The zero-order valence-electron chi connectivity index (χ0n) is 19.0. The van der Waals surface area contributed by atoms with Crippen molar-refractivity contribution in [2.45, 2.75) is 44.8 Å². The van der Waals surface area contributed by atoms with E-state index in [1.165, 1.54) is 23.6 Å². The van der Waals surface area contributed by atoms with Gasteiger partial charge in [0.25, 0.3) is 11.5 Å². The van der Waals surface area contributed by atoms with Crippen LogP contribution in [0.4, 0.5) is 0 Å². The normalized spacial score (nSPS) is 21.7. The van der Waals surface area contributed by atoms with E-state index in [4.69, 9.17) is 4.74 Å². The summed E-state index contributed by atoms with van der Waals surface area (Å²) in [5.41, 5.74) is -0.0111. The van der Waals surface area contributed by atoms with E-state index < -0.39 is 23.4 Å². The molecule has 1 aromatic carbocycles. The fraction of sp³-hybridized carbons (Fsp3) is 0.542. The number of hydrogen-bond acceptors (Lipinski definition) is 6. The second kappa shape index (κ2) is 10.4. The monoisotopic (exact) mass is 456 g/mol. The summed E-state index contributed by atoms with van der Waals surface area (Å²) in [7, 11) is 0. The van der Waals surface area contributed by atoms with Crippen LogP contribution in [0.2, 0.25) is 0 Å². The molecule has 0 bridgehead atoms.